The molecule has 0 saturated heterocycles. The minimum Gasteiger partial charge on any atom is -0.496 e. The highest BCUT2D eigenvalue weighted by Gasteiger charge is 2.27. The van der Waals surface area contributed by atoms with Crippen molar-refractivity contribution in [2.45, 2.75) is 32.2 Å². The Hall–Kier alpha value is -1.13. The molecule has 1 aliphatic rings. The third-order valence-electron chi connectivity index (χ3n) is 4.40. The number of aliphatic hydroxyl groups is 1. The number of aliphatic hydroxyl groups excluding tert-OH is 1. The summed E-state index contributed by atoms with van der Waals surface area (Å²) in [6, 6.07) is 4.79. The van der Waals surface area contributed by atoms with E-state index in [1.54, 1.807) is 19.2 Å². The SMILES string of the molecule is COc1cccc(F)c1C(C)NCC1CCCC1CO. The van der Waals surface area contributed by atoms with E-state index in [9.17, 15) is 9.50 Å². The molecule has 1 aromatic carbocycles. The Morgan fingerprint density at radius 2 is 2.15 bits per heavy atom. The standard InChI is InChI=1S/C16H24FNO2/c1-11(16-14(17)7-4-8-15(16)20-2)18-9-12-5-3-6-13(12)10-19/h4,7-8,11-13,18-19H,3,5-6,9-10H2,1-2H3. The van der Waals surface area contributed by atoms with Gasteiger partial charge in [-0.2, -0.15) is 0 Å². The highest BCUT2D eigenvalue weighted by molar-refractivity contribution is 5.36. The summed E-state index contributed by atoms with van der Waals surface area (Å²) in [4.78, 5) is 0. The maximum Gasteiger partial charge on any atom is 0.131 e. The summed E-state index contributed by atoms with van der Waals surface area (Å²) in [6.45, 7) is 3.01. The fourth-order valence-corrected chi connectivity index (χ4v) is 3.17. The number of benzene rings is 1. The Morgan fingerprint density at radius 3 is 2.85 bits per heavy atom. The van der Waals surface area contributed by atoms with E-state index in [1.165, 1.54) is 12.5 Å². The summed E-state index contributed by atoms with van der Waals surface area (Å²) in [7, 11) is 1.56. The second-order valence-corrected chi connectivity index (χ2v) is 5.62. The predicted molar refractivity (Wildman–Crippen MR) is 77.3 cm³/mol. The van der Waals surface area contributed by atoms with Crippen LogP contribution in [0.1, 0.15) is 37.8 Å². The normalized spacial score (nSPS) is 23.8. The molecule has 0 radical (unpaired) electrons. The zero-order valence-corrected chi connectivity index (χ0v) is 12.2. The lowest BCUT2D eigenvalue weighted by molar-refractivity contribution is 0.190. The molecule has 0 aliphatic heterocycles. The van der Waals surface area contributed by atoms with Gasteiger partial charge in [0.1, 0.15) is 11.6 Å². The van der Waals surface area contributed by atoms with Crippen molar-refractivity contribution in [3.05, 3.63) is 29.6 Å². The van der Waals surface area contributed by atoms with Crippen LogP contribution in [0.5, 0.6) is 5.75 Å². The van der Waals surface area contributed by atoms with Crippen molar-refractivity contribution in [2.75, 3.05) is 20.3 Å². The van der Waals surface area contributed by atoms with E-state index in [2.05, 4.69) is 5.32 Å². The summed E-state index contributed by atoms with van der Waals surface area (Å²) in [5, 5.41) is 12.7. The Morgan fingerprint density at radius 1 is 1.40 bits per heavy atom. The molecule has 0 aromatic heterocycles. The number of halogens is 1. The molecule has 0 heterocycles. The van der Waals surface area contributed by atoms with E-state index < -0.39 is 0 Å². The van der Waals surface area contributed by atoms with Crippen LogP contribution in [-0.4, -0.2) is 25.4 Å². The smallest absolute Gasteiger partial charge is 0.131 e. The second kappa shape index (κ2) is 7.04. The molecule has 1 saturated carbocycles. The van der Waals surface area contributed by atoms with Gasteiger partial charge in [-0.3, -0.25) is 0 Å². The van der Waals surface area contributed by atoms with E-state index in [0.717, 1.165) is 19.4 Å². The molecule has 3 atom stereocenters. The summed E-state index contributed by atoms with van der Waals surface area (Å²) in [5.74, 6) is 1.21. The first-order chi connectivity index (χ1) is 9.67. The van der Waals surface area contributed by atoms with E-state index in [-0.39, 0.29) is 18.5 Å². The van der Waals surface area contributed by atoms with E-state index >= 15 is 0 Å². The van der Waals surface area contributed by atoms with E-state index in [4.69, 9.17) is 4.74 Å². The van der Waals surface area contributed by atoms with Crippen LogP contribution >= 0.6 is 0 Å². The maximum absolute atomic E-state index is 14.0. The monoisotopic (exact) mass is 281 g/mol. The molecular formula is C16H24FNO2. The van der Waals surface area contributed by atoms with Gasteiger partial charge >= 0.3 is 0 Å². The molecule has 1 aliphatic carbocycles. The third kappa shape index (κ3) is 3.30. The Balaban J connectivity index is 2.00. The lowest BCUT2D eigenvalue weighted by atomic mass is 9.96. The van der Waals surface area contributed by atoms with Gasteiger partial charge in [0.25, 0.3) is 0 Å². The van der Waals surface area contributed by atoms with E-state index in [0.29, 0.717) is 23.1 Å². The van der Waals surface area contributed by atoms with Crippen molar-refractivity contribution in [1.82, 2.24) is 5.32 Å². The quantitative estimate of drug-likeness (QED) is 0.842. The van der Waals surface area contributed by atoms with Gasteiger partial charge < -0.3 is 15.2 Å². The average Bonchev–Trinajstić information content (AvgIpc) is 2.91. The first-order valence-electron chi connectivity index (χ1n) is 7.34. The van der Waals surface area contributed by atoms with Crippen LogP contribution in [0.3, 0.4) is 0 Å². The summed E-state index contributed by atoms with van der Waals surface area (Å²) < 4.78 is 19.2. The fourth-order valence-electron chi connectivity index (χ4n) is 3.17. The minimum atomic E-state index is -0.241. The number of methoxy groups -OCH3 is 1. The van der Waals surface area contributed by atoms with Crippen LogP contribution in [0.2, 0.25) is 0 Å². The maximum atomic E-state index is 14.0. The van der Waals surface area contributed by atoms with Gasteiger partial charge in [-0.25, -0.2) is 4.39 Å². The van der Waals surface area contributed by atoms with Gasteiger partial charge in [0, 0.05) is 18.2 Å². The fraction of sp³-hybridized carbons (Fsp3) is 0.625. The topological polar surface area (TPSA) is 41.5 Å². The van der Waals surface area contributed by atoms with Crippen molar-refractivity contribution in [3.63, 3.8) is 0 Å². The van der Waals surface area contributed by atoms with Gasteiger partial charge in [-0.15, -0.1) is 0 Å². The average molecular weight is 281 g/mol. The van der Waals surface area contributed by atoms with Gasteiger partial charge in [-0.1, -0.05) is 12.5 Å². The van der Waals surface area contributed by atoms with Crippen molar-refractivity contribution >= 4 is 0 Å². The molecule has 0 amide bonds. The van der Waals surface area contributed by atoms with Crippen molar-refractivity contribution in [1.29, 1.82) is 0 Å². The van der Waals surface area contributed by atoms with Gasteiger partial charge in [0.15, 0.2) is 0 Å². The zero-order valence-electron chi connectivity index (χ0n) is 12.2. The van der Waals surface area contributed by atoms with Crippen LogP contribution in [0.4, 0.5) is 4.39 Å². The number of rotatable bonds is 6. The Bertz CT molecular complexity index is 438. The number of hydrogen-bond donors (Lipinski definition) is 2. The van der Waals surface area contributed by atoms with Crippen LogP contribution in [0.25, 0.3) is 0 Å². The largest absolute Gasteiger partial charge is 0.496 e. The van der Waals surface area contributed by atoms with Gasteiger partial charge in [0.2, 0.25) is 0 Å². The molecule has 1 fully saturated rings. The molecule has 2 N–H and O–H groups in total. The molecule has 20 heavy (non-hydrogen) atoms. The van der Waals surface area contributed by atoms with E-state index in [1.807, 2.05) is 6.92 Å². The molecule has 3 nitrogen and oxygen atoms in total. The van der Waals surface area contributed by atoms with Crippen LogP contribution in [0, 0.1) is 17.7 Å². The number of hydrogen-bond acceptors (Lipinski definition) is 3. The molecule has 4 heteroatoms. The lowest BCUT2D eigenvalue weighted by Gasteiger charge is -2.22. The van der Waals surface area contributed by atoms with Crippen molar-refractivity contribution in [3.8, 4) is 5.75 Å². The molecule has 2 rings (SSSR count). The molecular weight excluding hydrogens is 257 g/mol. The second-order valence-electron chi connectivity index (χ2n) is 5.62. The molecule has 112 valence electrons. The highest BCUT2D eigenvalue weighted by Crippen LogP contribution is 2.32. The summed E-state index contributed by atoms with van der Waals surface area (Å²) >= 11 is 0. The number of nitrogens with one attached hydrogen (secondary N) is 1. The third-order valence-corrected chi connectivity index (χ3v) is 4.40. The van der Waals surface area contributed by atoms with Crippen LogP contribution in [0.15, 0.2) is 18.2 Å². The lowest BCUT2D eigenvalue weighted by Crippen LogP contribution is -2.29. The molecule has 1 aromatic rings. The highest BCUT2D eigenvalue weighted by atomic mass is 19.1. The Labute approximate surface area is 120 Å². The summed E-state index contributed by atoms with van der Waals surface area (Å²) in [5.41, 5.74) is 0.577. The molecule has 0 bridgehead atoms. The van der Waals surface area contributed by atoms with Gasteiger partial charge in [0.05, 0.1) is 7.11 Å². The van der Waals surface area contributed by atoms with Crippen LogP contribution in [-0.2, 0) is 0 Å². The molecule has 3 unspecified atom stereocenters. The summed E-state index contributed by atoms with van der Waals surface area (Å²) in [6.07, 6.45) is 3.41. The minimum absolute atomic E-state index is 0.105. The number of ether oxygens (including phenoxy) is 1. The molecule has 0 spiro atoms. The zero-order chi connectivity index (χ0) is 14.5. The predicted octanol–water partition coefficient (Wildman–Crippen LogP) is 2.89. The Kier molecular flexibility index (Phi) is 5.38. The first-order valence-corrected chi connectivity index (χ1v) is 7.34. The van der Waals surface area contributed by atoms with Crippen molar-refractivity contribution < 1.29 is 14.2 Å². The first kappa shape index (κ1) is 15.3. The van der Waals surface area contributed by atoms with Crippen molar-refractivity contribution in [2.24, 2.45) is 11.8 Å². The van der Waals surface area contributed by atoms with Crippen LogP contribution < -0.4 is 10.1 Å². The van der Waals surface area contributed by atoms with Gasteiger partial charge in [-0.05, 0) is 50.3 Å².